The molecule has 0 radical (unpaired) electrons. The molecule has 0 atom stereocenters. The second kappa shape index (κ2) is 6.36. The molecule has 0 aliphatic rings. The molecule has 0 heterocycles. The molecule has 0 bridgehead atoms. The van der Waals surface area contributed by atoms with Gasteiger partial charge >= 0.3 is 0 Å². The Morgan fingerprint density at radius 3 is 2.45 bits per heavy atom. The number of benzene rings is 2. The van der Waals surface area contributed by atoms with E-state index in [9.17, 15) is 12.8 Å². The van der Waals surface area contributed by atoms with Gasteiger partial charge in [-0.25, -0.2) is 12.8 Å². The Labute approximate surface area is 130 Å². The van der Waals surface area contributed by atoms with Crippen molar-refractivity contribution in [1.29, 1.82) is 0 Å². The van der Waals surface area contributed by atoms with E-state index in [1.165, 1.54) is 12.1 Å². The van der Waals surface area contributed by atoms with Crippen LogP contribution in [-0.2, 0) is 10.0 Å². The third kappa shape index (κ3) is 3.76. The highest BCUT2D eigenvalue weighted by Gasteiger charge is 2.19. The SMILES string of the molecule is Cc1cc(F)ccc1S(=O)(=O)Nc1ccccc1OC(C)C. The number of hydrogen-bond donors (Lipinski definition) is 1. The summed E-state index contributed by atoms with van der Waals surface area (Å²) in [5, 5.41) is 0. The van der Waals surface area contributed by atoms with Gasteiger partial charge in [-0.2, -0.15) is 0 Å². The Hall–Kier alpha value is -2.08. The Balaban J connectivity index is 2.37. The number of ether oxygens (including phenoxy) is 1. The second-order valence-corrected chi connectivity index (χ2v) is 6.83. The van der Waals surface area contributed by atoms with Crippen molar-refractivity contribution in [1.82, 2.24) is 0 Å². The minimum absolute atomic E-state index is 0.0354. The summed E-state index contributed by atoms with van der Waals surface area (Å²) in [5.74, 6) is -0.0270. The summed E-state index contributed by atoms with van der Waals surface area (Å²) in [6.45, 7) is 5.26. The monoisotopic (exact) mass is 323 g/mol. The number of anilines is 1. The highest BCUT2D eigenvalue weighted by atomic mass is 32.2. The lowest BCUT2D eigenvalue weighted by atomic mass is 10.2. The molecule has 0 unspecified atom stereocenters. The summed E-state index contributed by atoms with van der Waals surface area (Å²) in [6, 6.07) is 10.3. The van der Waals surface area contributed by atoms with Crippen molar-refractivity contribution >= 4 is 15.7 Å². The molecule has 0 spiro atoms. The predicted molar refractivity (Wildman–Crippen MR) is 84.2 cm³/mol. The topological polar surface area (TPSA) is 55.4 Å². The van der Waals surface area contributed by atoms with Gasteiger partial charge in [0.2, 0.25) is 0 Å². The molecule has 0 fully saturated rings. The molecule has 0 aromatic heterocycles. The van der Waals surface area contributed by atoms with E-state index in [-0.39, 0.29) is 11.0 Å². The summed E-state index contributed by atoms with van der Waals surface area (Å²) < 4.78 is 46.2. The third-order valence-corrected chi connectivity index (χ3v) is 4.45. The number of para-hydroxylation sites is 2. The van der Waals surface area contributed by atoms with E-state index >= 15 is 0 Å². The van der Waals surface area contributed by atoms with Gasteiger partial charge in [-0.3, -0.25) is 4.72 Å². The Morgan fingerprint density at radius 1 is 1.14 bits per heavy atom. The van der Waals surface area contributed by atoms with E-state index < -0.39 is 15.8 Å². The van der Waals surface area contributed by atoms with E-state index in [0.29, 0.717) is 17.0 Å². The van der Waals surface area contributed by atoms with E-state index in [2.05, 4.69) is 4.72 Å². The van der Waals surface area contributed by atoms with Crippen LogP contribution in [0.2, 0.25) is 0 Å². The molecule has 0 saturated carbocycles. The van der Waals surface area contributed by atoms with Gasteiger partial charge in [-0.05, 0) is 56.7 Å². The molecule has 2 aromatic rings. The molecule has 6 heteroatoms. The van der Waals surface area contributed by atoms with Gasteiger partial charge in [0.15, 0.2) is 0 Å². The van der Waals surface area contributed by atoms with Gasteiger partial charge < -0.3 is 4.74 Å². The van der Waals surface area contributed by atoms with Crippen molar-refractivity contribution in [3.05, 3.63) is 53.8 Å². The molecule has 1 N–H and O–H groups in total. The number of halogens is 1. The fourth-order valence-corrected chi connectivity index (χ4v) is 3.32. The summed E-state index contributed by atoms with van der Waals surface area (Å²) >= 11 is 0. The summed E-state index contributed by atoms with van der Waals surface area (Å²) in [5.41, 5.74) is 0.690. The zero-order valence-electron chi connectivity index (χ0n) is 12.6. The summed E-state index contributed by atoms with van der Waals surface area (Å²) in [7, 11) is -3.82. The van der Waals surface area contributed by atoms with Crippen LogP contribution in [0.15, 0.2) is 47.4 Å². The van der Waals surface area contributed by atoms with Crippen molar-refractivity contribution in [2.24, 2.45) is 0 Å². The first-order valence-corrected chi connectivity index (χ1v) is 8.32. The van der Waals surface area contributed by atoms with Crippen molar-refractivity contribution < 1.29 is 17.5 Å². The first-order chi connectivity index (χ1) is 10.3. The van der Waals surface area contributed by atoms with E-state index in [4.69, 9.17) is 4.74 Å². The molecule has 22 heavy (non-hydrogen) atoms. The largest absolute Gasteiger partial charge is 0.489 e. The van der Waals surface area contributed by atoms with Crippen LogP contribution >= 0.6 is 0 Å². The average Bonchev–Trinajstić information content (AvgIpc) is 2.39. The second-order valence-electron chi connectivity index (χ2n) is 5.18. The minimum atomic E-state index is -3.82. The van der Waals surface area contributed by atoms with Gasteiger partial charge in [0, 0.05) is 0 Å². The Kier molecular flexibility index (Phi) is 4.71. The first-order valence-electron chi connectivity index (χ1n) is 6.84. The van der Waals surface area contributed by atoms with Crippen molar-refractivity contribution in [2.45, 2.75) is 31.8 Å². The normalized spacial score (nSPS) is 11.5. The molecule has 0 saturated heterocycles. The highest BCUT2D eigenvalue weighted by molar-refractivity contribution is 7.92. The number of sulfonamides is 1. The molecule has 118 valence electrons. The van der Waals surface area contributed by atoms with Crippen LogP contribution in [0.4, 0.5) is 10.1 Å². The van der Waals surface area contributed by atoms with Crippen LogP contribution in [-0.4, -0.2) is 14.5 Å². The fraction of sp³-hybridized carbons (Fsp3) is 0.250. The van der Waals surface area contributed by atoms with Crippen LogP contribution in [0.25, 0.3) is 0 Å². The van der Waals surface area contributed by atoms with Crippen LogP contribution in [0.3, 0.4) is 0 Å². The lowest BCUT2D eigenvalue weighted by Gasteiger charge is -2.16. The molecular formula is C16H18FNO3S. The van der Waals surface area contributed by atoms with Crippen molar-refractivity contribution in [3.63, 3.8) is 0 Å². The van der Waals surface area contributed by atoms with Gasteiger partial charge in [0.1, 0.15) is 11.6 Å². The Morgan fingerprint density at radius 2 is 1.82 bits per heavy atom. The van der Waals surface area contributed by atoms with Crippen LogP contribution in [0.5, 0.6) is 5.75 Å². The molecule has 4 nitrogen and oxygen atoms in total. The standard InChI is InChI=1S/C16H18FNO3S/c1-11(2)21-15-7-5-4-6-14(15)18-22(19,20)16-9-8-13(17)10-12(16)3/h4-11,18H,1-3H3. The number of hydrogen-bond acceptors (Lipinski definition) is 3. The van der Waals surface area contributed by atoms with Crippen LogP contribution < -0.4 is 9.46 Å². The van der Waals surface area contributed by atoms with Crippen LogP contribution in [0, 0.1) is 12.7 Å². The van der Waals surface area contributed by atoms with Crippen molar-refractivity contribution in [3.8, 4) is 5.75 Å². The average molecular weight is 323 g/mol. The maximum absolute atomic E-state index is 13.1. The zero-order valence-corrected chi connectivity index (χ0v) is 13.4. The molecule has 0 aliphatic heterocycles. The first kappa shape index (κ1) is 16.3. The molecule has 0 amide bonds. The molecule has 2 rings (SSSR count). The minimum Gasteiger partial charge on any atom is -0.489 e. The highest BCUT2D eigenvalue weighted by Crippen LogP contribution is 2.28. The number of rotatable bonds is 5. The summed E-state index contributed by atoms with van der Waals surface area (Å²) in [6.07, 6.45) is -0.0850. The molecular weight excluding hydrogens is 305 g/mol. The lowest BCUT2D eigenvalue weighted by Crippen LogP contribution is -2.16. The number of nitrogens with one attached hydrogen (secondary N) is 1. The number of aryl methyl sites for hydroxylation is 1. The van der Waals surface area contributed by atoms with Crippen molar-refractivity contribution in [2.75, 3.05) is 4.72 Å². The predicted octanol–water partition coefficient (Wildman–Crippen LogP) is 3.72. The van der Waals surface area contributed by atoms with Gasteiger partial charge in [-0.15, -0.1) is 0 Å². The van der Waals surface area contributed by atoms with Gasteiger partial charge in [0.05, 0.1) is 16.7 Å². The fourth-order valence-electron chi connectivity index (χ4n) is 2.02. The molecule has 2 aromatic carbocycles. The third-order valence-electron chi connectivity index (χ3n) is 2.92. The zero-order chi connectivity index (χ0) is 16.3. The van der Waals surface area contributed by atoms with E-state index in [0.717, 1.165) is 6.07 Å². The summed E-state index contributed by atoms with van der Waals surface area (Å²) in [4.78, 5) is 0.0354. The Bertz CT molecular complexity index is 773. The molecule has 0 aliphatic carbocycles. The quantitative estimate of drug-likeness (QED) is 0.912. The van der Waals surface area contributed by atoms with Gasteiger partial charge in [0.25, 0.3) is 10.0 Å². The van der Waals surface area contributed by atoms with Gasteiger partial charge in [-0.1, -0.05) is 12.1 Å². The van der Waals surface area contributed by atoms with E-state index in [1.807, 2.05) is 13.8 Å². The lowest BCUT2D eigenvalue weighted by molar-refractivity contribution is 0.244. The smallest absolute Gasteiger partial charge is 0.262 e. The van der Waals surface area contributed by atoms with Crippen LogP contribution in [0.1, 0.15) is 19.4 Å². The maximum atomic E-state index is 13.1. The van der Waals surface area contributed by atoms with E-state index in [1.54, 1.807) is 31.2 Å². The maximum Gasteiger partial charge on any atom is 0.262 e.